The first kappa shape index (κ1) is 12.6. The first-order valence-electron chi connectivity index (χ1n) is 5.69. The van der Waals surface area contributed by atoms with Gasteiger partial charge in [0.05, 0.1) is 23.0 Å². The van der Waals surface area contributed by atoms with Crippen LogP contribution in [0.2, 0.25) is 0 Å². The summed E-state index contributed by atoms with van der Waals surface area (Å²) in [6, 6.07) is 6.29. The van der Waals surface area contributed by atoms with E-state index in [-0.39, 0.29) is 22.5 Å². The van der Waals surface area contributed by atoms with E-state index in [2.05, 4.69) is 20.9 Å². The van der Waals surface area contributed by atoms with Crippen LogP contribution in [0.5, 0.6) is 0 Å². The Balaban J connectivity index is 2.17. The molecule has 0 atom stereocenters. The molecule has 1 aromatic heterocycles. The molecule has 1 aromatic carbocycles. The fraction of sp³-hybridized carbons (Fsp3) is 0. The van der Waals surface area contributed by atoms with Crippen LogP contribution in [0.3, 0.4) is 0 Å². The van der Waals surface area contributed by atoms with E-state index in [1.54, 1.807) is 12.1 Å². The van der Waals surface area contributed by atoms with Gasteiger partial charge in [0.2, 0.25) is 0 Å². The molecule has 100 valence electrons. The molecule has 20 heavy (non-hydrogen) atoms. The van der Waals surface area contributed by atoms with Gasteiger partial charge in [0.25, 0.3) is 11.8 Å². The van der Waals surface area contributed by atoms with Crippen LogP contribution in [0.4, 0.5) is 17.1 Å². The summed E-state index contributed by atoms with van der Waals surface area (Å²) in [7, 11) is 0. The zero-order valence-corrected chi connectivity index (χ0v) is 11.7. The number of hydrogen-bond donors (Lipinski definition) is 2. The van der Waals surface area contributed by atoms with Crippen LogP contribution in [0, 0.1) is 0 Å². The molecule has 3 rings (SSSR count). The molecule has 2 amide bonds. The predicted octanol–water partition coefficient (Wildman–Crippen LogP) is 1.81. The van der Waals surface area contributed by atoms with Gasteiger partial charge in [0.1, 0.15) is 4.60 Å². The molecule has 1 aliphatic heterocycles. The lowest BCUT2D eigenvalue weighted by atomic mass is 10.1. The third-order valence-corrected chi connectivity index (χ3v) is 3.54. The lowest BCUT2D eigenvalue weighted by Crippen LogP contribution is -2.29. The fourth-order valence-electron chi connectivity index (χ4n) is 2.15. The van der Waals surface area contributed by atoms with Gasteiger partial charge in [-0.3, -0.25) is 9.59 Å². The third-order valence-electron chi connectivity index (χ3n) is 3.07. The summed E-state index contributed by atoms with van der Waals surface area (Å²) in [4.78, 5) is 29.8. The molecule has 0 radical (unpaired) electrons. The van der Waals surface area contributed by atoms with Gasteiger partial charge in [-0.15, -0.1) is 0 Å². The van der Waals surface area contributed by atoms with Crippen LogP contribution in [0.25, 0.3) is 0 Å². The van der Waals surface area contributed by atoms with Crippen molar-refractivity contribution in [3.05, 3.63) is 46.2 Å². The van der Waals surface area contributed by atoms with Crippen LogP contribution in [-0.2, 0) is 0 Å². The second-order valence-electron chi connectivity index (χ2n) is 4.28. The van der Waals surface area contributed by atoms with Crippen molar-refractivity contribution in [1.82, 2.24) is 4.98 Å². The maximum Gasteiger partial charge on any atom is 0.268 e. The molecule has 4 N–H and O–H groups in total. The normalized spacial score (nSPS) is 13.8. The largest absolute Gasteiger partial charge is 0.398 e. The van der Waals surface area contributed by atoms with Crippen LogP contribution in [0.1, 0.15) is 20.7 Å². The highest BCUT2D eigenvalue weighted by molar-refractivity contribution is 9.10. The number of carbonyl (C=O) groups excluding carboxylic acids is 2. The molecule has 2 heterocycles. The van der Waals surface area contributed by atoms with Crippen molar-refractivity contribution in [1.29, 1.82) is 0 Å². The number of nitrogens with zero attached hydrogens (tertiary/aromatic N) is 2. The maximum atomic E-state index is 12.4. The quantitative estimate of drug-likeness (QED) is 0.471. The Morgan fingerprint density at radius 1 is 0.950 bits per heavy atom. The minimum Gasteiger partial charge on any atom is -0.398 e. The monoisotopic (exact) mass is 332 g/mol. The number of nitrogen functional groups attached to an aromatic ring is 2. The Hall–Kier alpha value is -2.41. The molecule has 0 aliphatic carbocycles. The standard InChI is InChI=1S/C13H9BrN4O2/c14-9-4-1-6(5-17-9)18-12(19)10-7(15)2-3-8(16)11(10)13(18)20/h1-5H,15-16H2. The van der Waals surface area contributed by atoms with Crippen LogP contribution in [-0.4, -0.2) is 16.8 Å². The molecule has 2 aromatic rings. The van der Waals surface area contributed by atoms with Crippen molar-refractivity contribution in [3.8, 4) is 0 Å². The number of hydrogen-bond acceptors (Lipinski definition) is 5. The average Bonchev–Trinajstić information content (AvgIpc) is 2.69. The van der Waals surface area contributed by atoms with Crippen molar-refractivity contribution in [3.63, 3.8) is 0 Å². The molecule has 0 spiro atoms. The summed E-state index contributed by atoms with van der Waals surface area (Å²) in [6.45, 7) is 0. The van der Waals surface area contributed by atoms with Gasteiger partial charge in [0.15, 0.2) is 0 Å². The first-order chi connectivity index (χ1) is 9.50. The highest BCUT2D eigenvalue weighted by atomic mass is 79.9. The number of imide groups is 1. The van der Waals surface area contributed by atoms with E-state index in [0.29, 0.717) is 10.3 Å². The van der Waals surface area contributed by atoms with Gasteiger partial charge in [-0.25, -0.2) is 9.88 Å². The second kappa shape index (κ2) is 4.31. The van der Waals surface area contributed by atoms with E-state index in [4.69, 9.17) is 11.5 Å². The number of pyridine rings is 1. The summed E-state index contributed by atoms with van der Waals surface area (Å²) >= 11 is 3.20. The number of carbonyl (C=O) groups is 2. The SMILES string of the molecule is Nc1ccc(N)c2c1C(=O)N(c1ccc(Br)nc1)C2=O. The van der Waals surface area contributed by atoms with E-state index in [1.165, 1.54) is 18.3 Å². The maximum absolute atomic E-state index is 12.4. The van der Waals surface area contributed by atoms with E-state index < -0.39 is 11.8 Å². The number of halogens is 1. The highest BCUT2D eigenvalue weighted by Gasteiger charge is 2.39. The molecule has 7 heteroatoms. The molecule has 1 aliphatic rings. The zero-order valence-electron chi connectivity index (χ0n) is 10.1. The summed E-state index contributed by atoms with van der Waals surface area (Å²) < 4.78 is 0.608. The average molecular weight is 333 g/mol. The first-order valence-corrected chi connectivity index (χ1v) is 6.48. The van der Waals surface area contributed by atoms with Crippen molar-refractivity contribution < 1.29 is 9.59 Å². The van der Waals surface area contributed by atoms with Crippen molar-refractivity contribution >= 4 is 44.8 Å². The van der Waals surface area contributed by atoms with Gasteiger partial charge in [-0.1, -0.05) is 0 Å². The molecule has 0 unspecified atom stereocenters. The summed E-state index contributed by atoms with van der Waals surface area (Å²) in [5.74, 6) is -0.974. The van der Waals surface area contributed by atoms with E-state index in [9.17, 15) is 9.59 Å². The van der Waals surface area contributed by atoms with E-state index in [1.807, 2.05) is 0 Å². The number of amides is 2. The smallest absolute Gasteiger partial charge is 0.268 e. The summed E-state index contributed by atoms with van der Waals surface area (Å²) in [6.07, 6.45) is 1.43. The zero-order chi connectivity index (χ0) is 14.4. The summed E-state index contributed by atoms with van der Waals surface area (Å²) in [5, 5.41) is 0. The van der Waals surface area contributed by atoms with Crippen LogP contribution >= 0.6 is 15.9 Å². The van der Waals surface area contributed by atoms with Crippen molar-refractivity contribution in [2.45, 2.75) is 0 Å². The number of nitrogens with two attached hydrogens (primary N) is 2. The minimum absolute atomic E-state index is 0.151. The van der Waals surface area contributed by atoms with Gasteiger partial charge < -0.3 is 11.5 Å². The molecular weight excluding hydrogens is 324 g/mol. The highest BCUT2D eigenvalue weighted by Crippen LogP contribution is 2.34. The molecule has 0 saturated heterocycles. The topological polar surface area (TPSA) is 102 Å². The van der Waals surface area contributed by atoms with Gasteiger partial charge in [-0.2, -0.15) is 0 Å². The Bertz CT molecular complexity index is 702. The van der Waals surface area contributed by atoms with Crippen molar-refractivity contribution in [2.75, 3.05) is 16.4 Å². The minimum atomic E-state index is -0.487. The molecule has 6 nitrogen and oxygen atoms in total. The van der Waals surface area contributed by atoms with E-state index in [0.717, 1.165) is 4.90 Å². The number of benzene rings is 1. The number of anilines is 3. The van der Waals surface area contributed by atoms with Crippen molar-refractivity contribution in [2.24, 2.45) is 0 Å². The third kappa shape index (κ3) is 1.67. The molecule has 0 bridgehead atoms. The Morgan fingerprint density at radius 2 is 1.50 bits per heavy atom. The number of fused-ring (bicyclic) bond motifs is 1. The molecular formula is C13H9BrN4O2. The fourth-order valence-corrected chi connectivity index (χ4v) is 2.38. The second-order valence-corrected chi connectivity index (χ2v) is 5.09. The van der Waals surface area contributed by atoms with Crippen LogP contribution in [0.15, 0.2) is 35.1 Å². The van der Waals surface area contributed by atoms with E-state index >= 15 is 0 Å². The van der Waals surface area contributed by atoms with Gasteiger partial charge in [0, 0.05) is 11.4 Å². The lowest BCUT2D eigenvalue weighted by molar-refractivity contribution is 0.0926. The van der Waals surface area contributed by atoms with Gasteiger partial charge in [-0.05, 0) is 40.2 Å². The lowest BCUT2D eigenvalue weighted by Gasteiger charge is -2.13. The van der Waals surface area contributed by atoms with Gasteiger partial charge >= 0.3 is 0 Å². The Kier molecular flexibility index (Phi) is 2.72. The number of aromatic nitrogens is 1. The van der Waals surface area contributed by atoms with Crippen LogP contribution < -0.4 is 16.4 Å². The Labute approximate surface area is 122 Å². The number of rotatable bonds is 1. The Morgan fingerprint density at radius 3 is 1.95 bits per heavy atom. The molecule has 0 fully saturated rings. The summed E-state index contributed by atoms with van der Waals surface area (Å²) in [5.41, 5.74) is 12.7. The molecule has 0 saturated carbocycles. The predicted molar refractivity (Wildman–Crippen MR) is 78.3 cm³/mol.